The van der Waals surface area contributed by atoms with E-state index in [1.54, 1.807) is 6.21 Å². The highest BCUT2D eigenvalue weighted by Gasteiger charge is 2.20. The molecule has 2 aromatic rings. The number of anilines is 1. The Kier molecular flexibility index (Phi) is 3.02. The van der Waals surface area contributed by atoms with Crippen LogP contribution in [0.1, 0.15) is 22.3 Å². The summed E-state index contributed by atoms with van der Waals surface area (Å²) in [4.78, 5) is 24.2. The van der Waals surface area contributed by atoms with Crippen LogP contribution in [0.4, 0.5) is 11.6 Å². The van der Waals surface area contributed by atoms with Crippen molar-refractivity contribution in [2.45, 2.75) is 13.0 Å². The van der Waals surface area contributed by atoms with Gasteiger partial charge in [-0.2, -0.15) is 0 Å². The fourth-order valence-electron chi connectivity index (χ4n) is 1.96. The summed E-state index contributed by atoms with van der Waals surface area (Å²) < 4.78 is 0. The van der Waals surface area contributed by atoms with E-state index < -0.39 is 0 Å². The molecule has 0 fully saturated rings. The summed E-state index contributed by atoms with van der Waals surface area (Å²) in [5.41, 5.74) is 1.61. The number of nitrogens with one attached hydrogen (secondary N) is 1. The van der Waals surface area contributed by atoms with Gasteiger partial charge >= 0.3 is 0 Å². The fraction of sp³-hybridized carbons (Fsp3) is 0.143. The van der Waals surface area contributed by atoms with Crippen LogP contribution in [0.3, 0.4) is 0 Å². The monoisotopic (exact) mass is 252 g/mol. The van der Waals surface area contributed by atoms with Crippen LogP contribution >= 0.6 is 0 Å². The number of fused-ring (bicyclic) bond motifs is 1. The number of rotatable bonds is 3. The lowest BCUT2D eigenvalue weighted by Crippen LogP contribution is -2.12. The van der Waals surface area contributed by atoms with Gasteiger partial charge in [-0.3, -0.25) is 4.79 Å². The van der Waals surface area contributed by atoms with Gasteiger partial charge in [0.05, 0.1) is 0 Å². The lowest BCUT2D eigenvalue weighted by atomic mass is 10.1. The Morgan fingerprint density at radius 2 is 2.00 bits per heavy atom. The molecule has 0 bridgehead atoms. The Hall–Kier alpha value is -2.56. The van der Waals surface area contributed by atoms with Gasteiger partial charge in [-0.05, 0) is 5.56 Å². The highest BCUT2D eigenvalue weighted by atomic mass is 16.1. The molecule has 0 unspecified atom stereocenters. The van der Waals surface area contributed by atoms with Gasteiger partial charge in [0, 0.05) is 19.2 Å². The predicted octanol–water partition coefficient (Wildman–Crippen LogP) is 2.38. The van der Waals surface area contributed by atoms with E-state index in [1.807, 2.05) is 30.3 Å². The molecule has 5 heteroatoms. The zero-order valence-electron chi connectivity index (χ0n) is 10.2. The molecular weight excluding hydrogens is 240 g/mol. The number of hydrogen-bond acceptors (Lipinski definition) is 5. The molecule has 2 heterocycles. The van der Waals surface area contributed by atoms with Crippen LogP contribution in [-0.2, 0) is 6.54 Å². The number of Topliss-reactive ketones (excluding diaryl/α,β-unsaturated/α-hetero) is 1. The van der Waals surface area contributed by atoms with Gasteiger partial charge in [0.15, 0.2) is 11.6 Å². The number of aliphatic imine (C=N–C) groups is 1. The Bertz CT molecular complexity index is 637. The van der Waals surface area contributed by atoms with Gasteiger partial charge in [0.25, 0.3) is 0 Å². The quantitative estimate of drug-likeness (QED) is 0.910. The molecule has 0 saturated heterocycles. The first-order valence-corrected chi connectivity index (χ1v) is 6.03. The number of hydrogen-bond donors (Lipinski definition) is 1. The Morgan fingerprint density at radius 1 is 1.16 bits per heavy atom. The van der Waals surface area contributed by atoms with Crippen molar-refractivity contribution >= 4 is 23.6 Å². The minimum atomic E-state index is 0.00108. The van der Waals surface area contributed by atoms with Crippen molar-refractivity contribution in [2.24, 2.45) is 4.99 Å². The van der Waals surface area contributed by atoms with Crippen molar-refractivity contribution in [3.05, 3.63) is 47.8 Å². The molecule has 0 aliphatic carbocycles. The lowest BCUT2D eigenvalue weighted by Gasteiger charge is -2.13. The molecule has 1 aliphatic rings. The van der Waals surface area contributed by atoms with Gasteiger partial charge in [-0.1, -0.05) is 30.3 Å². The molecule has 1 N–H and O–H groups in total. The Labute approximate surface area is 110 Å². The summed E-state index contributed by atoms with van der Waals surface area (Å²) in [7, 11) is 0. The third-order valence-electron chi connectivity index (χ3n) is 2.90. The standard InChI is InChI=1S/C14H12N4O/c19-11-6-7-15-13-12(11)14(18-9-17-13)16-8-10-4-2-1-3-5-10/h1-5,7,9H,6,8H2,(H,16,17,18). The van der Waals surface area contributed by atoms with Gasteiger partial charge in [-0.15, -0.1) is 0 Å². The molecule has 1 aromatic heterocycles. The number of ketones is 1. The molecule has 19 heavy (non-hydrogen) atoms. The molecule has 0 radical (unpaired) electrons. The van der Waals surface area contributed by atoms with Gasteiger partial charge < -0.3 is 5.32 Å². The zero-order valence-corrected chi connectivity index (χ0v) is 10.2. The smallest absolute Gasteiger partial charge is 0.175 e. The summed E-state index contributed by atoms with van der Waals surface area (Å²) in [5.74, 6) is 0.999. The van der Waals surface area contributed by atoms with E-state index >= 15 is 0 Å². The third-order valence-corrected chi connectivity index (χ3v) is 2.90. The highest BCUT2D eigenvalue weighted by Crippen LogP contribution is 2.26. The van der Waals surface area contributed by atoms with E-state index in [0.717, 1.165) is 5.56 Å². The largest absolute Gasteiger partial charge is 0.365 e. The van der Waals surface area contributed by atoms with Gasteiger partial charge in [0.2, 0.25) is 0 Å². The average molecular weight is 252 g/mol. The van der Waals surface area contributed by atoms with E-state index in [4.69, 9.17) is 0 Å². The molecule has 0 spiro atoms. The van der Waals surface area contributed by atoms with Crippen LogP contribution in [0.15, 0.2) is 41.7 Å². The van der Waals surface area contributed by atoms with Crippen molar-refractivity contribution < 1.29 is 4.79 Å². The SMILES string of the molecule is O=C1CC=Nc2ncnc(NCc3ccccc3)c21. The molecule has 5 nitrogen and oxygen atoms in total. The van der Waals surface area contributed by atoms with Crippen molar-refractivity contribution in [1.29, 1.82) is 0 Å². The number of nitrogens with zero attached hydrogens (tertiary/aromatic N) is 3. The first-order valence-electron chi connectivity index (χ1n) is 6.03. The second kappa shape index (κ2) is 4.97. The summed E-state index contributed by atoms with van der Waals surface area (Å²) >= 11 is 0. The number of carbonyl (C=O) groups is 1. The van der Waals surface area contributed by atoms with E-state index in [1.165, 1.54) is 6.33 Å². The van der Waals surface area contributed by atoms with Crippen LogP contribution in [-0.4, -0.2) is 22.0 Å². The minimum Gasteiger partial charge on any atom is -0.365 e. The first-order chi connectivity index (χ1) is 9.34. The summed E-state index contributed by atoms with van der Waals surface area (Å²) in [6.45, 7) is 0.612. The minimum absolute atomic E-state index is 0.00108. The molecule has 0 saturated carbocycles. The molecule has 3 rings (SSSR count). The maximum Gasteiger partial charge on any atom is 0.175 e. The van der Waals surface area contributed by atoms with E-state index in [9.17, 15) is 4.79 Å². The topological polar surface area (TPSA) is 67.2 Å². The van der Waals surface area contributed by atoms with Crippen LogP contribution in [0, 0.1) is 0 Å². The Balaban J connectivity index is 1.86. The number of carbonyl (C=O) groups excluding carboxylic acids is 1. The average Bonchev–Trinajstić information content (AvgIpc) is 2.46. The second-order valence-electron chi connectivity index (χ2n) is 4.20. The molecule has 0 atom stereocenters. The maximum atomic E-state index is 11.9. The summed E-state index contributed by atoms with van der Waals surface area (Å²) in [6.07, 6.45) is 3.31. The molecule has 1 aliphatic heterocycles. The first kappa shape index (κ1) is 11.5. The van der Waals surface area contributed by atoms with Crippen LogP contribution in [0.5, 0.6) is 0 Å². The van der Waals surface area contributed by atoms with E-state index in [0.29, 0.717) is 30.2 Å². The Morgan fingerprint density at radius 3 is 2.84 bits per heavy atom. The second-order valence-corrected chi connectivity index (χ2v) is 4.20. The molecule has 0 amide bonds. The summed E-state index contributed by atoms with van der Waals surface area (Å²) in [5, 5.41) is 3.17. The molecule has 1 aromatic carbocycles. The van der Waals surface area contributed by atoms with Crippen molar-refractivity contribution in [3.8, 4) is 0 Å². The highest BCUT2D eigenvalue weighted by molar-refractivity contribution is 6.12. The normalized spacial score (nSPS) is 13.2. The van der Waals surface area contributed by atoms with Crippen molar-refractivity contribution in [1.82, 2.24) is 9.97 Å². The van der Waals surface area contributed by atoms with E-state index in [2.05, 4.69) is 20.3 Å². The maximum absolute atomic E-state index is 11.9. The number of benzene rings is 1. The number of aromatic nitrogens is 2. The summed E-state index contributed by atoms with van der Waals surface area (Å²) in [6, 6.07) is 9.94. The van der Waals surface area contributed by atoms with Gasteiger partial charge in [0.1, 0.15) is 17.7 Å². The van der Waals surface area contributed by atoms with Crippen molar-refractivity contribution in [2.75, 3.05) is 5.32 Å². The molecule has 94 valence electrons. The predicted molar refractivity (Wildman–Crippen MR) is 72.9 cm³/mol. The lowest BCUT2D eigenvalue weighted by molar-refractivity contribution is 0.100. The van der Waals surface area contributed by atoms with E-state index in [-0.39, 0.29) is 5.78 Å². The third kappa shape index (κ3) is 2.35. The van der Waals surface area contributed by atoms with Gasteiger partial charge in [-0.25, -0.2) is 15.0 Å². The van der Waals surface area contributed by atoms with Crippen molar-refractivity contribution in [3.63, 3.8) is 0 Å². The molecular formula is C14H12N4O. The van der Waals surface area contributed by atoms with Crippen LogP contribution in [0.2, 0.25) is 0 Å². The zero-order chi connectivity index (χ0) is 13.1. The fourth-order valence-corrected chi connectivity index (χ4v) is 1.96. The van der Waals surface area contributed by atoms with Crippen LogP contribution < -0.4 is 5.32 Å². The van der Waals surface area contributed by atoms with Crippen LogP contribution in [0.25, 0.3) is 0 Å².